The van der Waals surface area contributed by atoms with E-state index in [0.717, 1.165) is 0 Å². The number of nitrogens with zero attached hydrogens (tertiary/aromatic N) is 3. The molecule has 90 valence electrons. The number of hydrogen-bond acceptors (Lipinski definition) is 5. The summed E-state index contributed by atoms with van der Waals surface area (Å²) in [6.07, 6.45) is 0.663. The molecule has 0 aliphatic rings. The van der Waals surface area contributed by atoms with Gasteiger partial charge in [-0.3, -0.25) is 0 Å². The summed E-state index contributed by atoms with van der Waals surface area (Å²) in [7, 11) is -3.96. The maximum atomic E-state index is 12.8. The molecule has 0 atom stereocenters. The molecule has 1 aromatic heterocycles. The molecule has 1 aromatic carbocycles. The van der Waals surface area contributed by atoms with E-state index in [4.69, 9.17) is 5.26 Å². The van der Waals surface area contributed by atoms with Crippen LogP contribution >= 0.6 is 0 Å². The molecule has 2 aromatic rings. The van der Waals surface area contributed by atoms with Crippen molar-refractivity contribution in [2.24, 2.45) is 0 Å². The molecular formula is C11H6FN3O2S. The molecule has 0 amide bonds. The van der Waals surface area contributed by atoms with Crippen molar-refractivity contribution in [3.05, 3.63) is 48.2 Å². The van der Waals surface area contributed by atoms with Gasteiger partial charge in [-0.2, -0.15) is 9.65 Å². The van der Waals surface area contributed by atoms with E-state index < -0.39 is 26.5 Å². The van der Waals surface area contributed by atoms with Crippen LogP contribution in [0.1, 0.15) is 5.69 Å². The molecule has 0 aliphatic heterocycles. The first-order valence-electron chi connectivity index (χ1n) is 4.78. The quantitative estimate of drug-likeness (QED) is 0.815. The summed E-state index contributed by atoms with van der Waals surface area (Å²) in [5.74, 6) is -1.00. The lowest BCUT2D eigenvalue weighted by molar-refractivity contribution is 0.561. The molecule has 0 fully saturated rings. The van der Waals surface area contributed by atoms with Crippen molar-refractivity contribution >= 4 is 9.84 Å². The van der Waals surface area contributed by atoms with E-state index in [9.17, 15) is 12.8 Å². The Balaban J connectivity index is 2.67. The Morgan fingerprint density at radius 2 is 1.89 bits per heavy atom. The van der Waals surface area contributed by atoms with Crippen molar-refractivity contribution < 1.29 is 12.8 Å². The monoisotopic (exact) mass is 263 g/mol. The van der Waals surface area contributed by atoms with Crippen LogP contribution in [0.4, 0.5) is 4.39 Å². The van der Waals surface area contributed by atoms with Gasteiger partial charge in [0.05, 0.1) is 11.1 Å². The van der Waals surface area contributed by atoms with Gasteiger partial charge in [-0.1, -0.05) is 18.2 Å². The zero-order valence-electron chi connectivity index (χ0n) is 8.91. The van der Waals surface area contributed by atoms with E-state index in [2.05, 4.69) is 9.97 Å². The summed E-state index contributed by atoms with van der Waals surface area (Å²) in [5.41, 5.74) is -0.557. The molecule has 0 spiro atoms. The molecule has 0 saturated carbocycles. The van der Waals surface area contributed by atoms with Crippen LogP contribution < -0.4 is 0 Å². The first kappa shape index (κ1) is 12.1. The van der Waals surface area contributed by atoms with Crippen molar-refractivity contribution in [2.75, 3.05) is 0 Å². The minimum Gasteiger partial charge on any atom is -0.237 e. The first-order chi connectivity index (χ1) is 8.55. The van der Waals surface area contributed by atoms with Crippen LogP contribution in [0.3, 0.4) is 0 Å². The Morgan fingerprint density at radius 1 is 1.22 bits per heavy atom. The predicted octanol–water partition coefficient (Wildman–Crippen LogP) is 1.32. The molecule has 1 heterocycles. The van der Waals surface area contributed by atoms with Crippen LogP contribution in [-0.2, 0) is 9.84 Å². The van der Waals surface area contributed by atoms with E-state index in [-0.39, 0.29) is 4.90 Å². The number of benzene rings is 1. The van der Waals surface area contributed by atoms with E-state index in [0.29, 0.717) is 6.20 Å². The number of nitriles is 1. The van der Waals surface area contributed by atoms with E-state index in [1.54, 1.807) is 6.07 Å². The lowest BCUT2D eigenvalue weighted by atomic mass is 10.4. The number of hydrogen-bond donors (Lipinski definition) is 0. The van der Waals surface area contributed by atoms with Gasteiger partial charge in [0, 0.05) is 0 Å². The van der Waals surface area contributed by atoms with Crippen molar-refractivity contribution in [3.63, 3.8) is 0 Å². The highest BCUT2D eigenvalue weighted by molar-refractivity contribution is 7.91. The van der Waals surface area contributed by atoms with E-state index in [1.807, 2.05) is 0 Å². The highest BCUT2D eigenvalue weighted by atomic mass is 32.2. The predicted molar refractivity (Wildman–Crippen MR) is 58.6 cm³/mol. The molecule has 7 heteroatoms. The third-order valence-electron chi connectivity index (χ3n) is 2.12. The summed E-state index contributed by atoms with van der Waals surface area (Å²) in [6.45, 7) is 0. The van der Waals surface area contributed by atoms with Gasteiger partial charge in [0.2, 0.25) is 15.8 Å². The second kappa shape index (κ2) is 4.50. The topological polar surface area (TPSA) is 83.7 Å². The minimum atomic E-state index is -3.96. The van der Waals surface area contributed by atoms with Crippen LogP contribution in [0.2, 0.25) is 0 Å². The summed E-state index contributed by atoms with van der Waals surface area (Å²) in [4.78, 5) is 6.64. The second-order valence-corrected chi connectivity index (χ2v) is 5.14. The summed E-state index contributed by atoms with van der Waals surface area (Å²) in [6, 6.07) is 8.97. The molecule has 0 unspecified atom stereocenters. The van der Waals surface area contributed by atoms with Gasteiger partial charge in [0.25, 0.3) is 0 Å². The van der Waals surface area contributed by atoms with E-state index in [1.165, 1.54) is 30.3 Å². The van der Waals surface area contributed by atoms with Crippen molar-refractivity contribution in [2.45, 2.75) is 9.92 Å². The molecule has 2 rings (SSSR count). The van der Waals surface area contributed by atoms with Gasteiger partial charge in [-0.05, 0) is 12.1 Å². The molecule has 5 nitrogen and oxygen atoms in total. The van der Waals surface area contributed by atoms with Gasteiger partial charge >= 0.3 is 0 Å². The minimum absolute atomic E-state index is 0.0255. The molecule has 0 saturated heterocycles. The largest absolute Gasteiger partial charge is 0.237 e. The van der Waals surface area contributed by atoms with E-state index >= 15 is 0 Å². The highest BCUT2D eigenvalue weighted by Gasteiger charge is 2.24. The van der Waals surface area contributed by atoms with Crippen LogP contribution in [0, 0.1) is 17.3 Å². The number of sulfone groups is 1. The molecule has 18 heavy (non-hydrogen) atoms. The smallest absolute Gasteiger partial charge is 0.232 e. The first-order valence-corrected chi connectivity index (χ1v) is 6.27. The third-order valence-corrected chi connectivity index (χ3v) is 3.82. The summed E-state index contributed by atoms with van der Waals surface area (Å²) >= 11 is 0. The van der Waals surface area contributed by atoms with Crippen molar-refractivity contribution in [3.8, 4) is 6.07 Å². The van der Waals surface area contributed by atoms with Crippen molar-refractivity contribution in [1.29, 1.82) is 5.26 Å². The van der Waals surface area contributed by atoms with Crippen LogP contribution in [0.5, 0.6) is 0 Å². The molecular weight excluding hydrogens is 257 g/mol. The van der Waals surface area contributed by atoms with Crippen LogP contribution in [0.25, 0.3) is 0 Å². The van der Waals surface area contributed by atoms with Gasteiger partial charge in [-0.15, -0.1) is 0 Å². The summed E-state index contributed by atoms with van der Waals surface area (Å²) in [5, 5.41) is 8.23. The highest BCUT2D eigenvalue weighted by Crippen LogP contribution is 2.20. The average Bonchev–Trinajstić information content (AvgIpc) is 2.39. The fourth-order valence-electron chi connectivity index (χ4n) is 1.34. The molecule has 0 radical (unpaired) electrons. The Kier molecular flexibility index (Phi) is 3.04. The fraction of sp³-hybridized carbons (Fsp3) is 0. The molecule has 0 bridgehead atoms. The standard InChI is InChI=1S/C11H6FN3O2S/c12-10-7-14-11(9(6-13)15-10)18(16,17)8-4-2-1-3-5-8/h1-5,7H. The van der Waals surface area contributed by atoms with Gasteiger partial charge in [0.15, 0.2) is 10.7 Å². The number of halogens is 1. The van der Waals surface area contributed by atoms with Crippen LogP contribution in [0.15, 0.2) is 46.5 Å². The maximum Gasteiger partial charge on any atom is 0.232 e. The van der Waals surface area contributed by atoms with Gasteiger partial charge in [0.1, 0.15) is 6.07 Å². The number of aromatic nitrogens is 2. The zero-order chi connectivity index (χ0) is 13.2. The fourth-order valence-corrected chi connectivity index (χ4v) is 2.61. The van der Waals surface area contributed by atoms with Gasteiger partial charge < -0.3 is 0 Å². The SMILES string of the molecule is N#Cc1nc(F)cnc1S(=O)(=O)c1ccccc1. The van der Waals surface area contributed by atoms with Gasteiger partial charge in [-0.25, -0.2) is 18.4 Å². The number of rotatable bonds is 2. The Morgan fingerprint density at radius 3 is 2.50 bits per heavy atom. The zero-order valence-corrected chi connectivity index (χ0v) is 9.72. The third kappa shape index (κ3) is 2.06. The summed E-state index contributed by atoms with van der Waals surface area (Å²) < 4.78 is 37.1. The molecule has 0 aliphatic carbocycles. The lowest BCUT2D eigenvalue weighted by Gasteiger charge is -2.04. The van der Waals surface area contributed by atoms with Crippen molar-refractivity contribution in [1.82, 2.24) is 9.97 Å². The normalized spacial score (nSPS) is 10.9. The molecule has 0 N–H and O–H groups in total. The maximum absolute atomic E-state index is 12.8. The Labute approximate surface area is 102 Å². The lowest BCUT2D eigenvalue weighted by Crippen LogP contribution is -2.09. The Bertz CT molecular complexity index is 724. The second-order valence-electron chi connectivity index (χ2n) is 3.27. The van der Waals surface area contributed by atoms with Crippen LogP contribution in [-0.4, -0.2) is 18.4 Å². The average molecular weight is 263 g/mol. The Hall–Kier alpha value is -2.33.